The van der Waals surface area contributed by atoms with E-state index in [-0.39, 0.29) is 23.8 Å². The highest BCUT2D eigenvalue weighted by Crippen LogP contribution is 2.20. The molecule has 0 saturated carbocycles. The molecule has 136 valence electrons. The number of benzene rings is 1. The molecular weight excluding hydrogens is 314 g/mol. The molecule has 0 bridgehead atoms. The van der Waals surface area contributed by atoms with E-state index in [1.807, 2.05) is 28.0 Å². The van der Waals surface area contributed by atoms with Crippen molar-refractivity contribution in [3.8, 4) is 0 Å². The van der Waals surface area contributed by atoms with Crippen LogP contribution in [-0.4, -0.2) is 54.5 Å². The van der Waals surface area contributed by atoms with Crippen LogP contribution in [-0.2, 0) is 4.79 Å². The highest BCUT2D eigenvalue weighted by molar-refractivity contribution is 5.81. The van der Waals surface area contributed by atoms with Crippen LogP contribution in [0.3, 0.4) is 0 Å². The van der Waals surface area contributed by atoms with E-state index in [9.17, 15) is 9.59 Å². The average molecular weight is 343 g/mol. The molecule has 0 spiro atoms. The van der Waals surface area contributed by atoms with Crippen molar-refractivity contribution in [2.75, 3.05) is 32.7 Å². The number of nitrogens with zero attached hydrogens (tertiary/aromatic N) is 2. The minimum atomic E-state index is -0.0803. The number of amides is 3. The van der Waals surface area contributed by atoms with Crippen molar-refractivity contribution in [1.29, 1.82) is 0 Å². The zero-order valence-corrected chi connectivity index (χ0v) is 15.1. The van der Waals surface area contributed by atoms with Crippen molar-refractivity contribution in [2.45, 2.75) is 38.5 Å². The molecule has 3 rings (SSSR count). The Hall–Kier alpha value is -2.04. The lowest BCUT2D eigenvalue weighted by Gasteiger charge is -2.34. The summed E-state index contributed by atoms with van der Waals surface area (Å²) in [5.74, 6) is 0.293. The minimum Gasteiger partial charge on any atom is -0.355 e. The van der Waals surface area contributed by atoms with E-state index in [4.69, 9.17) is 0 Å². The Labute approximate surface area is 150 Å². The van der Waals surface area contributed by atoms with Gasteiger partial charge >= 0.3 is 6.03 Å². The van der Waals surface area contributed by atoms with Crippen LogP contribution >= 0.6 is 0 Å². The Balaban J connectivity index is 1.49. The van der Waals surface area contributed by atoms with E-state index >= 15 is 0 Å². The van der Waals surface area contributed by atoms with E-state index in [2.05, 4.69) is 24.4 Å². The van der Waals surface area contributed by atoms with Crippen molar-refractivity contribution >= 4 is 11.9 Å². The van der Waals surface area contributed by atoms with Gasteiger partial charge in [-0.05, 0) is 37.2 Å². The first-order valence-electron chi connectivity index (χ1n) is 9.51. The second-order valence-electron chi connectivity index (χ2n) is 7.32. The van der Waals surface area contributed by atoms with Crippen molar-refractivity contribution < 1.29 is 9.59 Å². The van der Waals surface area contributed by atoms with Crippen molar-refractivity contribution in [3.63, 3.8) is 0 Å². The van der Waals surface area contributed by atoms with E-state index in [0.717, 1.165) is 45.3 Å². The summed E-state index contributed by atoms with van der Waals surface area (Å²) in [6.45, 7) is 5.82. The van der Waals surface area contributed by atoms with Gasteiger partial charge in [0.15, 0.2) is 0 Å². The van der Waals surface area contributed by atoms with Crippen LogP contribution in [0.25, 0.3) is 0 Å². The lowest BCUT2D eigenvalue weighted by molar-refractivity contribution is -0.126. The quantitative estimate of drug-likeness (QED) is 0.914. The third kappa shape index (κ3) is 4.53. The van der Waals surface area contributed by atoms with Gasteiger partial charge in [0.2, 0.25) is 5.91 Å². The molecule has 1 N–H and O–H groups in total. The molecule has 0 radical (unpaired) electrons. The zero-order valence-electron chi connectivity index (χ0n) is 15.1. The predicted molar refractivity (Wildman–Crippen MR) is 98.4 cm³/mol. The third-order valence-electron chi connectivity index (χ3n) is 5.39. The summed E-state index contributed by atoms with van der Waals surface area (Å²) in [7, 11) is 0. The lowest BCUT2D eigenvalue weighted by Crippen LogP contribution is -2.49. The molecular formula is C20H29N3O2. The summed E-state index contributed by atoms with van der Waals surface area (Å²) in [6, 6.07) is 10.4. The van der Waals surface area contributed by atoms with Gasteiger partial charge in [-0.3, -0.25) is 4.79 Å². The SMILES string of the molecule is CC(CNC(=O)C1CCCN(C(=O)N2CCCC2)C1)c1ccccc1. The fourth-order valence-corrected chi connectivity index (χ4v) is 3.77. The predicted octanol–water partition coefficient (Wildman–Crippen LogP) is 2.83. The number of hydrogen-bond donors (Lipinski definition) is 1. The molecule has 5 nitrogen and oxygen atoms in total. The Bertz CT molecular complexity index is 584. The summed E-state index contributed by atoms with van der Waals surface area (Å²) in [5.41, 5.74) is 1.23. The number of carbonyl (C=O) groups is 2. The molecule has 1 aromatic carbocycles. The van der Waals surface area contributed by atoms with Gasteiger partial charge in [0.1, 0.15) is 0 Å². The maximum absolute atomic E-state index is 12.6. The molecule has 0 aromatic heterocycles. The normalized spacial score (nSPS) is 21.9. The van der Waals surface area contributed by atoms with Crippen LogP contribution in [0.5, 0.6) is 0 Å². The number of urea groups is 1. The number of piperidine rings is 1. The average Bonchev–Trinajstić information content (AvgIpc) is 3.20. The van der Waals surface area contributed by atoms with Gasteiger partial charge in [0.25, 0.3) is 0 Å². The molecule has 2 heterocycles. The Morgan fingerprint density at radius 3 is 2.48 bits per heavy atom. The van der Waals surface area contributed by atoms with Gasteiger partial charge in [-0.2, -0.15) is 0 Å². The lowest BCUT2D eigenvalue weighted by atomic mass is 9.96. The molecule has 2 aliphatic heterocycles. The van der Waals surface area contributed by atoms with E-state index in [1.54, 1.807) is 0 Å². The summed E-state index contributed by atoms with van der Waals surface area (Å²) in [4.78, 5) is 28.9. The molecule has 25 heavy (non-hydrogen) atoms. The molecule has 2 atom stereocenters. The third-order valence-corrected chi connectivity index (χ3v) is 5.39. The molecule has 3 amide bonds. The molecule has 2 saturated heterocycles. The van der Waals surface area contributed by atoms with Gasteiger partial charge in [-0.15, -0.1) is 0 Å². The molecule has 2 fully saturated rings. The first kappa shape index (κ1) is 17.8. The van der Waals surface area contributed by atoms with Gasteiger partial charge in [0, 0.05) is 32.7 Å². The topological polar surface area (TPSA) is 52.7 Å². The molecule has 5 heteroatoms. The molecule has 2 unspecified atom stereocenters. The maximum atomic E-state index is 12.6. The Morgan fingerprint density at radius 2 is 1.76 bits per heavy atom. The summed E-state index contributed by atoms with van der Waals surface area (Å²) >= 11 is 0. The maximum Gasteiger partial charge on any atom is 0.320 e. The number of hydrogen-bond acceptors (Lipinski definition) is 2. The summed E-state index contributed by atoms with van der Waals surface area (Å²) in [6.07, 6.45) is 3.98. The monoisotopic (exact) mass is 343 g/mol. The number of carbonyl (C=O) groups excluding carboxylic acids is 2. The van der Waals surface area contributed by atoms with Crippen molar-refractivity contribution in [2.24, 2.45) is 5.92 Å². The van der Waals surface area contributed by atoms with Gasteiger partial charge in [-0.1, -0.05) is 37.3 Å². The second kappa shape index (κ2) is 8.37. The van der Waals surface area contributed by atoms with E-state index in [0.29, 0.717) is 13.1 Å². The summed E-state index contributed by atoms with van der Waals surface area (Å²) < 4.78 is 0. The highest BCUT2D eigenvalue weighted by atomic mass is 16.2. The van der Waals surface area contributed by atoms with E-state index < -0.39 is 0 Å². The minimum absolute atomic E-state index is 0.0803. The number of likely N-dealkylation sites (tertiary alicyclic amines) is 2. The highest BCUT2D eigenvalue weighted by Gasteiger charge is 2.31. The van der Waals surface area contributed by atoms with Crippen LogP contribution in [0, 0.1) is 5.92 Å². The van der Waals surface area contributed by atoms with Crippen LogP contribution in [0.2, 0.25) is 0 Å². The first-order chi connectivity index (χ1) is 12.1. The van der Waals surface area contributed by atoms with Gasteiger partial charge in [-0.25, -0.2) is 4.79 Å². The van der Waals surface area contributed by atoms with Gasteiger partial charge in [0.05, 0.1) is 5.92 Å². The van der Waals surface area contributed by atoms with Crippen LogP contribution in [0.4, 0.5) is 4.79 Å². The molecule has 0 aliphatic carbocycles. The van der Waals surface area contributed by atoms with E-state index in [1.165, 1.54) is 5.56 Å². The van der Waals surface area contributed by atoms with Crippen LogP contribution < -0.4 is 5.32 Å². The number of rotatable bonds is 4. The van der Waals surface area contributed by atoms with Crippen molar-refractivity contribution in [3.05, 3.63) is 35.9 Å². The first-order valence-corrected chi connectivity index (χ1v) is 9.51. The second-order valence-corrected chi connectivity index (χ2v) is 7.32. The fourth-order valence-electron chi connectivity index (χ4n) is 3.77. The smallest absolute Gasteiger partial charge is 0.320 e. The van der Waals surface area contributed by atoms with Crippen LogP contribution in [0.1, 0.15) is 44.1 Å². The molecule has 2 aliphatic rings. The fraction of sp³-hybridized carbons (Fsp3) is 0.600. The largest absolute Gasteiger partial charge is 0.355 e. The Morgan fingerprint density at radius 1 is 1.08 bits per heavy atom. The van der Waals surface area contributed by atoms with Crippen LogP contribution in [0.15, 0.2) is 30.3 Å². The Kier molecular flexibility index (Phi) is 5.95. The zero-order chi connectivity index (χ0) is 17.6. The molecule has 1 aromatic rings. The number of nitrogens with one attached hydrogen (secondary N) is 1. The standard InChI is InChI=1S/C20H29N3O2/c1-16(17-8-3-2-4-9-17)14-21-19(24)18-10-7-13-23(15-18)20(25)22-11-5-6-12-22/h2-4,8-9,16,18H,5-7,10-15H2,1H3,(H,21,24). The summed E-state index contributed by atoms with van der Waals surface area (Å²) in [5, 5.41) is 3.09. The van der Waals surface area contributed by atoms with Crippen molar-refractivity contribution in [1.82, 2.24) is 15.1 Å². The van der Waals surface area contributed by atoms with Gasteiger partial charge < -0.3 is 15.1 Å².